The molecule has 1 aromatic carbocycles. The van der Waals surface area contributed by atoms with E-state index in [1.54, 1.807) is 24.3 Å². The smallest absolute Gasteiger partial charge is 0.262 e. The zero-order valence-corrected chi connectivity index (χ0v) is 13.9. The standard InChI is InChI=1S/C17H15ClN2O4/c1-22-14-6-5-11(15(18)16(14)23-2)8-12(9-19)17(21)20-10-13-4-3-7-24-13/h3-8H,10H2,1-2H3,(H,20,21)/b12-8-. The van der Waals surface area contributed by atoms with Crippen molar-refractivity contribution >= 4 is 23.6 Å². The Labute approximate surface area is 144 Å². The van der Waals surface area contributed by atoms with Gasteiger partial charge in [-0.1, -0.05) is 11.6 Å². The number of benzene rings is 1. The van der Waals surface area contributed by atoms with Crippen LogP contribution in [0.2, 0.25) is 5.02 Å². The van der Waals surface area contributed by atoms with E-state index in [0.717, 1.165) is 0 Å². The van der Waals surface area contributed by atoms with Crippen molar-refractivity contribution in [2.75, 3.05) is 14.2 Å². The van der Waals surface area contributed by atoms with Crippen LogP contribution in [0.5, 0.6) is 11.5 Å². The Balaban J connectivity index is 2.23. The largest absolute Gasteiger partial charge is 0.493 e. The molecule has 0 saturated carbocycles. The van der Waals surface area contributed by atoms with Gasteiger partial charge in [0.25, 0.3) is 5.91 Å². The minimum atomic E-state index is -0.528. The van der Waals surface area contributed by atoms with Crippen LogP contribution in [0.4, 0.5) is 0 Å². The molecule has 2 rings (SSSR count). The van der Waals surface area contributed by atoms with Crippen molar-refractivity contribution in [1.82, 2.24) is 5.32 Å². The van der Waals surface area contributed by atoms with Crippen LogP contribution in [0.15, 0.2) is 40.5 Å². The molecule has 0 fully saturated rings. The predicted octanol–water partition coefficient (Wildman–Crippen LogP) is 3.17. The first-order chi connectivity index (χ1) is 11.6. The number of hydrogen-bond donors (Lipinski definition) is 1. The number of nitriles is 1. The monoisotopic (exact) mass is 346 g/mol. The molecule has 124 valence electrons. The number of amides is 1. The molecule has 6 nitrogen and oxygen atoms in total. The minimum absolute atomic E-state index is 0.0873. The number of halogens is 1. The predicted molar refractivity (Wildman–Crippen MR) is 88.7 cm³/mol. The summed E-state index contributed by atoms with van der Waals surface area (Å²) in [5.74, 6) is 0.853. The molecule has 1 N–H and O–H groups in total. The van der Waals surface area contributed by atoms with E-state index in [4.69, 9.17) is 25.5 Å². The Bertz CT molecular complexity index is 792. The zero-order valence-electron chi connectivity index (χ0n) is 13.1. The molecule has 0 spiro atoms. The first-order valence-electron chi connectivity index (χ1n) is 6.93. The number of carbonyl (C=O) groups is 1. The third-order valence-corrected chi connectivity index (χ3v) is 3.57. The molecule has 0 saturated heterocycles. The maximum Gasteiger partial charge on any atom is 0.262 e. The SMILES string of the molecule is COc1ccc(/C=C(/C#N)C(=O)NCc2ccco2)c(Cl)c1OC. The topological polar surface area (TPSA) is 84.5 Å². The van der Waals surface area contributed by atoms with E-state index in [0.29, 0.717) is 22.8 Å². The molecular weight excluding hydrogens is 332 g/mol. The number of methoxy groups -OCH3 is 2. The molecule has 1 aromatic heterocycles. The quantitative estimate of drug-likeness (QED) is 0.641. The van der Waals surface area contributed by atoms with Crippen molar-refractivity contribution in [3.05, 3.63) is 52.4 Å². The van der Waals surface area contributed by atoms with Gasteiger partial charge < -0.3 is 19.2 Å². The Kier molecular flexibility index (Phi) is 5.88. The van der Waals surface area contributed by atoms with E-state index >= 15 is 0 Å². The average molecular weight is 347 g/mol. The summed E-state index contributed by atoms with van der Waals surface area (Å²) in [6, 6.07) is 8.58. The van der Waals surface area contributed by atoms with E-state index in [9.17, 15) is 10.1 Å². The first kappa shape index (κ1) is 17.4. The molecule has 0 atom stereocenters. The molecule has 2 aromatic rings. The van der Waals surface area contributed by atoms with Gasteiger partial charge in [0.15, 0.2) is 11.5 Å². The number of hydrogen-bond acceptors (Lipinski definition) is 5. The van der Waals surface area contributed by atoms with Crippen molar-refractivity contribution in [1.29, 1.82) is 5.26 Å². The first-order valence-corrected chi connectivity index (χ1v) is 7.31. The van der Waals surface area contributed by atoms with E-state index < -0.39 is 5.91 Å². The highest BCUT2D eigenvalue weighted by atomic mass is 35.5. The van der Waals surface area contributed by atoms with Gasteiger partial charge in [0.05, 0.1) is 32.1 Å². The molecule has 0 aliphatic rings. The summed E-state index contributed by atoms with van der Waals surface area (Å²) in [4.78, 5) is 12.1. The summed E-state index contributed by atoms with van der Waals surface area (Å²) in [5, 5.41) is 12.1. The summed E-state index contributed by atoms with van der Waals surface area (Å²) >= 11 is 6.25. The zero-order chi connectivity index (χ0) is 17.5. The van der Waals surface area contributed by atoms with Crippen LogP contribution in [0, 0.1) is 11.3 Å². The van der Waals surface area contributed by atoms with Crippen LogP contribution >= 0.6 is 11.6 Å². The molecular formula is C17H15ClN2O4. The second kappa shape index (κ2) is 8.09. The Morgan fingerprint density at radius 2 is 2.17 bits per heavy atom. The van der Waals surface area contributed by atoms with Crippen molar-refractivity contribution in [2.45, 2.75) is 6.54 Å². The Hall–Kier alpha value is -2.91. The lowest BCUT2D eigenvalue weighted by Gasteiger charge is -2.11. The summed E-state index contributed by atoms with van der Waals surface area (Å²) in [7, 11) is 2.95. The fourth-order valence-corrected chi connectivity index (χ4v) is 2.28. The van der Waals surface area contributed by atoms with Crippen LogP contribution in [-0.2, 0) is 11.3 Å². The highest BCUT2D eigenvalue weighted by Gasteiger charge is 2.15. The van der Waals surface area contributed by atoms with E-state index in [-0.39, 0.29) is 17.1 Å². The third-order valence-electron chi connectivity index (χ3n) is 3.18. The molecule has 1 amide bonds. The lowest BCUT2D eigenvalue weighted by Crippen LogP contribution is -2.23. The van der Waals surface area contributed by atoms with Gasteiger partial charge in [-0.15, -0.1) is 0 Å². The van der Waals surface area contributed by atoms with Gasteiger partial charge in [-0.2, -0.15) is 5.26 Å². The second-order valence-corrected chi connectivity index (χ2v) is 5.01. The number of carbonyl (C=O) groups excluding carboxylic acids is 1. The lowest BCUT2D eigenvalue weighted by molar-refractivity contribution is -0.117. The third kappa shape index (κ3) is 3.89. The van der Waals surface area contributed by atoms with Crippen LogP contribution < -0.4 is 14.8 Å². The number of furan rings is 1. The average Bonchev–Trinajstić information content (AvgIpc) is 3.11. The van der Waals surface area contributed by atoms with E-state index in [1.165, 1.54) is 26.6 Å². The van der Waals surface area contributed by atoms with Gasteiger partial charge >= 0.3 is 0 Å². The van der Waals surface area contributed by atoms with Gasteiger partial charge in [0, 0.05) is 0 Å². The van der Waals surface area contributed by atoms with Crippen LogP contribution in [0.3, 0.4) is 0 Å². The summed E-state index contributed by atoms with van der Waals surface area (Å²) in [6.07, 6.45) is 2.90. The summed E-state index contributed by atoms with van der Waals surface area (Å²) < 4.78 is 15.5. The van der Waals surface area contributed by atoms with Crippen molar-refractivity contribution in [3.63, 3.8) is 0 Å². The van der Waals surface area contributed by atoms with Gasteiger partial charge in [-0.05, 0) is 35.9 Å². The minimum Gasteiger partial charge on any atom is -0.493 e. The van der Waals surface area contributed by atoms with Crippen LogP contribution in [0.1, 0.15) is 11.3 Å². The highest BCUT2D eigenvalue weighted by Crippen LogP contribution is 2.38. The summed E-state index contributed by atoms with van der Waals surface area (Å²) in [6.45, 7) is 0.185. The molecule has 7 heteroatoms. The van der Waals surface area contributed by atoms with Crippen LogP contribution in [0.25, 0.3) is 6.08 Å². The highest BCUT2D eigenvalue weighted by molar-refractivity contribution is 6.34. The molecule has 0 radical (unpaired) electrons. The Morgan fingerprint density at radius 1 is 1.38 bits per heavy atom. The fraction of sp³-hybridized carbons (Fsp3) is 0.176. The molecule has 1 heterocycles. The molecule has 24 heavy (non-hydrogen) atoms. The molecule has 0 unspecified atom stereocenters. The number of ether oxygens (including phenoxy) is 2. The number of nitrogens with one attached hydrogen (secondary N) is 1. The summed E-state index contributed by atoms with van der Waals surface area (Å²) in [5.41, 5.74) is 0.384. The van der Waals surface area contributed by atoms with Crippen LogP contribution in [-0.4, -0.2) is 20.1 Å². The molecule has 0 aliphatic carbocycles. The number of nitrogens with zero attached hydrogens (tertiary/aromatic N) is 1. The van der Waals surface area contributed by atoms with Gasteiger partial charge in [-0.25, -0.2) is 0 Å². The van der Waals surface area contributed by atoms with Gasteiger partial charge in [0.1, 0.15) is 17.4 Å². The Morgan fingerprint density at radius 3 is 2.75 bits per heavy atom. The normalized spacial score (nSPS) is 10.8. The maximum absolute atomic E-state index is 12.1. The lowest BCUT2D eigenvalue weighted by atomic mass is 10.1. The van der Waals surface area contributed by atoms with Crippen molar-refractivity contribution < 1.29 is 18.7 Å². The van der Waals surface area contributed by atoms with E-state index in [1.807, 2.05) is 6.07 Å². The number of rotatable bonds is 6. The van der Waals surface area contributed by atoms with Crippen molar-refractivity contribution in [2.24, 2.45) is 0 Å². The van der Waals surface area contributed by atoms with E-state index in [2.05, 4.69) is 5.32 Å². The molecule has 0 aliphatic heterocycles. The maximum atomic E-state index is 12.1. The fourth-order valence-electron chi connectivity index (χ4n) is 2.00. The van der Waals surface area contributed by atoms with Gasteiger partial charge in [-0.3, -0.25) is 4.79 Å². The second-order valence-electron chi connectivity index (χ2n) is 4.64. The van der Waals surface area contributed by atoms with Gasteiger partial charge in [0.2, 0.25) is 0 Å². The molecule has 0 bridgehead atoms. The van der Waals surface area contributed by atoms with Crippen molar-refractivity contribution in [3.8, 4) is 17.6 Å².